The van der Waals surface area contributed by atoms with Crippen molar-refractivity contribution < 1.29 is 35.3 Å². The number of anilines is 3. The molecule has 0 radical (unpaired) electrons. The van der Waals surface area contributed by atoms with Crippen LogP contribution in [0.25, 0.3) is 0 Å². The highest BCUT2D eigenvalue weighted by Gasteiger charge is 2.44. The number of hydrogen-bond donors (Lipinski definition) is 1. The number of amides is 1. The van der Waals surface area contributed by atoms with Crippen molar-refractivity contribution in [3.05, 3.63) is 53.3 Å². The number of carbonyl (C=O) groups excluding carboxylic acids is 1. The normalized spacial score (nSPS) is 19.9. The molecule has 0 aliphatic carbocycles. The number of carbonyl (C=O) groups is 1. The van der Waals surface area contributed by atoms with E-state index in [2.05, 4.69) is 40.9 Å². The summed E-state index contributed by atoms with van der Waals surface area (Å²) in [4.78, 5) is 21.7. The second-order valence-corrected chi connectivity index (χ2v) is 11.9. The van der Waals surface area contributed by atoms with Gasteiger partial charge in [0.1, 0.15) is 5.82 Å². The monoisotopic (exact) mass is 586 g/mol. The minimum absolute atomic E-state index is 0.0301. The summed E-state index contributed by atoms with van der Waals surface area (Å²) in [5, 5.41) is 0. The van der Waals surface area contributed by atoms with E-state index in [9.17, 15) is 18.0 Å². The molecule has 1 atom stereocenters. The number of piperidine rings is 1. The van der Waals surface area contributed by atoms with E-state index in [1.165, 1.54) is 31.0 Å². The van der Waals surface area contributed by atoms with E-state index in [4.69, 9.17) is 13.0 Å². The van der Waals surface area contributed by atoms with Gasteiger partial charge in [-0.15, -0.1) is 0 Å². The molecule has 0 saturated carbocycles. The van der Waals surface area contributed by atoms with E-state index in [1.807, 2.05) is 18.2 Å². The summed E-state index contributed by atoms with van der Waals surface area (Å²) < 4.78 is 72.6. The first-order valence-corrected chi connectivity index (χ1v) is 14.6. The van der Waals surface area contributed by atoms with Gasteiger partial charge in [-0.25, -0.2) is 4.39 Å². The molecule has 8 nitrogen and oxygen atoms in total. The molecule has 1 amide bonds. The first-order chi connectivity index (χ1) is 18.8. The Morgan fingerprint density at radius 2 is 1.57 bits per heavy atom. The second kappa shape index (κ2) is 11.9. The maximum atomic E-state index is 15.1. The van der Waals surface area contributed by atoms with Crippen LogP contribution >= 0.6 is 0 Å². The van der Waals surface area contributed by atoms with Crippen LogP contribution in [0, 0.1) is 5.82 Å². The molecule has 0 spiro atoms. The molecule has 1 N–H and O–H groups in total. The lowest BCUT2D eigenvalue weighted by atomic mass is 9.97. The van der Waals surface area contributed by atoms with Crippen LogP contribution in [-0.4, -0.2) is 82.1 Å². The van der Waals surface area contributed by atoms with Crippen molar-refractivity contribution in [2.24, 2.45) is 0 Å². The molecule has 3 heterocycles. The van der Waals surface area contributed by atoms with Crippen molar-refractivity contribution >= 4 is 33.1 Å². The van der Waals surface area contributed by atoms with Crippen LogP contribution in [0.5, 0.6) is 0 Å². The number of benzene rings is 2. The summed E-state index contributed by atoms with van der Waals surface area (Å²) >= 11 is 0. The van der Waals surface area contributed by atoms with Gasteiger partial charge in [0.25, 0.3) is 5.91 Å². The van der Waals surface area contributed by atoms with Crippen molar-refractivity contribution in [2.45, 2.75) is 43.7 Å². The van der Waals surface area contributed by atoms with Crippen LogP contribution in [0.15, 0.2) is 36.4 Å². The van der Waals surface area contributed by atoms with Crippen LogP contribution < -0.4 is 14.7 Å². The maximum Gasteiger partial charge on any atom is 0.522 e. The third kappa shape index (κ3) is 6.69. The van der Waals surface area contributed by atoms with Gasteiger partial charge in [0.05, 0.1) is 5.69 Å². The van der Waals surface area contributed by atoms with Gasteiger partial charge in [0.2, 0.25) is 0 Å². The number of nitrogens with zero attached hydrogens (tertiary/aromatic N) is 4. The molecule has 2 aromatic carbocycles. The van der Waals surface area contributed by atoms with Gasteiger partial charge in [-0.05, 0) is 88.2 Å². The fourth-order valence-corrected chi connectivity index (χ4v) is 5.37. The Morgan fingerprint density at radius 3 is 2.15 bits per heavy atom. The summed E-state index contributed by atoms with van der Waals surface area (Å²) in [5.74, 6) is -0.279. The minimum Gasteiger partial charge on any atom is -0.372 e. The molecule has 2 fully saturated rings. The zero-order chi connectivity index (χ0) is 29.2. The Morgan fingerprint density at radius 1 is 0.925 bits per heavy atom. The SMILES string of the molecule is CN(C)[C@@H]1CCN(c2ccc(N3CCc4cc(N5CCCCC5)ccc4C3=O)cc2F)C1.O=S(=O)(O)C(F)(F)F. The fraction of sp³-hybridized carbons (Fsp3) is 0.519. The van der Waals surface area contributed by atoms with Crippen molar-refractivity contribution in [1.29, 1.82) is 0 Å². The number of fused-ring (bicyclic) bond motifs is 1. The van der Waals surface area contributed by atoms with Crippen molar-refractivity contribution in [2.75, 3.05) is 61.5 Å². The predicted octanol–water partition coefficient (Wildman–Crippen LogP) is 4.55. The van der Waals surface area contributed by atoms with Gasteiger partial charge >= 0.3 is 15.6 Å². The Balaban J connectivity index is 0.000000406. The standard InChI is InChI=1S/C26H33FN4O.CHF3O3S/c1-28(2)22-11-14-30(18-22)25-9-7-21(17-24(25)27)31-15-10-19-16-20(6-8-23(19)26(31)32)29-12-4-3-5-13-29;2-1(3,4)8(5,6)7/h6-9,16-17,22H,3-5,10-15,18H2,1-2H3;(H,5,6,7)/t22-;/m1./s1. The first kappa shape index (κ1) is 30.1. The predicted molar refractivity (Wildman–Crippen MR) is 146 cm³/mol. The Hall–Kier alpha value is -2.90. The highest BCUT2D eigenvalue weighted by molar-refractivity contribution is 7.86. The molecular formula is C27H34F4N4O4S. The number of halogens is 4. The lowest BCUT2D eigenvalue weighted by Gasteiger charge is -2.32. The molecule has 2 aromatic rings. The van der Waals surface area contributed by atoms with Crippen LogP contribution in [0.2, 0.25) is 0 Å². The molecule has 40 heavy (non-hydrogen) atoms. The highest BCUT2D eigenvalue weighted by atomic mass is 32.2. The van der Waals surface area contributed by atoms with Crippen molar-refractivity contribution in [3.63, 3.8) is 0 Å². The van der Waals surface area contributed by atoms with E-state index < -0.39 is 15.6 Å². The Labute approximate surface area is 231 Å². The van der Waals surface area contributed by atoms with E-state index in [0.717, 1.165) is 50.1 Å². The lowest BCUT2D eigenvalue weighted by molar-refractivity contribution is -0.0510. The smallest absolute Gasteiger partial charge is 0.372 e. The van der Waals surface area contributed by atoms with Gasteiger partial charge in [-0.3, -0.25) is 9.35 Å². The summed E-state index contributed by atoms with van der Waals surface area (Å²) in [5.41, 5.74) is -1.18. The molecule has 5 rings (SSSR count). The fourth-order valence-electron chi connectivity index (χ4n) is 5.37. The maximum absolute atomic E-state index is 15.1. The number of likely N-dealkylation sites (N-methyl/N-ethyl adjacent to an activating group) is 1. The Kier molecular flexibility index (Phi) is 8.96. The highest BCUT2D eigenvalue weighted by Crippen LogP contribution is 2.32. The summed E-state index contributed by atoms with van der Waals surface area (Å²) in [6, 6.07) is 11.9. The van der Waals surface area contributed by atoms with Crippen molar-refractivity contribution in [3.8, 4) is 0 Å². The van der Waals surface area contributed by atoms with E-state index in [0.29, 0.717) is 24.0 Å². The molecule has 0 aromatic heterocycles. The number of rotatable bonds is 4. The molecule has 0 unspecified atom stereocenters. The van der Waals surface area contributed by atoms with Gasteiger partial charge in [0.15, 0.2) is 0 Å². The molecule has 3 aliphatic rings. The third-order valence-electron chi connectivity index (χ3n) is 7.66. The average molecular weight is 587 g/mol. The molecule has 0 bridgehead atoms. The summed E-state index contributed by atoms with van der Waals surface area (Å²) in [7, 11) is -1.70. The van der Waals surface area contributed by atoms with Crippen LogP contribution in [0.3, 0.4) is 0 Å². The molecule has 2 saturated heterocycles. The third-order valence-corrected chi connectivity index (χ3v) is 8.25. The van der Waals surface area contributed by atoms with Gasteiger partial charge in [-0.1, -0.05) is 0 Å². The quantitative estimate of drug-likeness (QED) is 0.320. The largest absolute Gasteiger partial charge is 0.522 e. The van der Waals surface area contributed by atoms with Gasteiger partial charge in [-0.2, -0.15) is 21.6 Å². The summed E-state index contributed by atoms with van der Waals surface area (Å²) in [6.07, 6.45) is 5.60. The topological polar surface area (TPSA) is 84.4 Å². The molecule has 220 valence electrons. The van der Waals surface area contributed by atoms with Gasteiger partial charge < -0.3 is 19.6 Å². The first-order valence-electron chi connectivity index (χ1n) is 13.2. The molecule has 13 heteroatoms. The van der Waals surface area contributed by atoms with Crippen molar-refractivity contribution in [1.82, 2.24) is 4.90 Å². The Bertz CT molecular complexity index is 1330. The van der Waals surface area contributed by atoms with Crippen LogP contribution in [0.1, 0.15) is 41.6 Å². The number of alkyl halides is 3. The molecule has 3 aliphatic heterocycles. The van der Waals surface area contributed by atoms with Crippen LogP contribution in [0.4, 0.5) is 34.6 Å². The zero-order valence-corrected chi connectivity index (χ0v) is 23.3. The van der Waals surface area contributed by atoms with E-state index in [1.54, 1.807) is 4.90 Å². The van der Waals surface area contributed by atoms with Crippen LogP contribution in [-0.2, 0) is 16.5 Å². The minimum atomic E-state index is -5.84. The van der Waals surface area contributed by atoms with E-state index >= 15 is 4.39 Å². The van der Waals surface area contributed by atoms with E-state index in [-0.39, 0.29) is 11.7 Å². The average Bonchev–Trinajstić information content (AvgIpc) is 3.39. The summed E-state index contributed by atoms with van der Waals surface area (Å²) in [6.45, 7) is 4.46. The number of hydrogen-bond acceptors (Lipinski definition) is 6. The second-order valence-electron chi connectivity index (χ2n) is 10.5. The zero-order valence-electron chi connectivity index (χ0n) is 22.5. The van der Waals surface area contributed by atoms with Gasteiger partial charge in [0, 0.05) is 55.7 Å². The lowest BCUT2D eigenvalue weighted by Crippen LogP contribution is -2.38. The molecular weight excluding hydrogens is 552 g/mol.